The van der Waals surface area contributed by atoms with Crippen LogP contribution in [0.2, 0.25) is 0 Å². The normalized spacial score (nSPS) is 12.6. The number of aliphatic hydroxyl groups is 1. The van der Waals surface area contributed by atoms with Crippen LogP contribution in [0.15, 0.2) is 0 Å². The highest BCUT2D eigenvalue weighted by Gasteiger charge is 2.04. The Kier molecular flexibility index (Phi) is 11.6. The Balaban J connectivity index is 0. The van der Waals surface area contributed by atoms with Crippen LogP contribution < -0.4 is 5.11 Å². The third kappa shape index (κ3) is 15.4. The molecule has 104 valence electrons. The average Bonchev–Trinajstić information content (AvgIpc) is 2.17. The van der Waals surface area contributed by atoms with E-state index in [2.05, 4.69) is 28.1 Å². The maximum absolute atomic E-state index is 10.3. The van der Waals surface area contributed by atoms with Crippen molar-refractivity contribution in [2.45, 2.75) is 39.5 Å². The fourth-order valence-corrected chi connectivity index (χ4v) is 1.24. The molecular weight excluding hydrogens is 218 g/mol. The minimum Gasteiger partial charge on any atom is -0.550 e. The van der Waals surface area contributed by atoms with Gasteiger partial charge in [0.15, 0.2) is 0 Å². The van der Waals surface area contributed by atoms with Gasteiger partial charge < -0.3 is 19.5 Å². The van der Waals surface area contributed by atoms with Gasteiger partial charge in [-0.1, -0.05) is 26.7 Å². The quantitative estimate of drug-likeness (QED) is 0.672. The van der Waals surface area contributed by atoms with Crippen LogP contribution >= 0.6 is 0 Å². The number of likely N-dealkylation sites (N-methyl/N-ethyl adjacent to an activating group) is 1. The van der Waals surface area contributed by atoms with E-state index in [4.69, 9.17) is 5.11 Å². The van der Waals surface area contributed by atoms with Crippen molar-refractivity contribution in [1.29, 1.82) is 0 Å². The molecule has 1 atom stereocenters. The van der Waals surface area contributed by atoms with E-state index in [-0.39, 0.29) is 12.5 Å². The number of rotatable bonds is 7. The summed E-state index contributed by atoms with van der Waals surface area (Å²) in [6.07, 6.45) is 3.52. The van der Waals surface area contributed by atoms with Gasteiger partial charge in [0.2, 0.25) is 0 Å². The van der Waals surface area contributed by atoms with Gasteiger partial charge in [0, 0.05) is 5.97 Å². The molecule has 0 bridgehead atoms. The summed E-state index contributed by atoms with van der Waals surface area (Å²) in [5, 5.41) is 18.7. The van der Waals surface area contributed by atoms with Gasteiger partial charge in [0.05, 0.1) is 27.7 Å². The second kappa shape index (κ2) is 10.5. The number of carboxylic acid groups (broad SMARTS) is 1. The van der Waals surface area contributed by atoms with Crippen molar-refractivity contribution in [3.63, 3.8) is 0 Å². The number of hydrogen-bond donors (Lipinski definition) is 1. The molecule has 0 rings (SSSR count). The molecule has 0 aromatic heterocycles. The Morgan fingerprint density at radius 3 is 2.00 bits per heavy atom. The van der Waals surface area contributed by atoms with Gasteiger partial charge in [-0.25, -0.2) is 0 Å². The summed E-state index contributed by atoms with van der Waals surface area (Å²) in [5.74, 6) is -1.11. The predicted octanol–water partition coefficient (Wildman–Crippen LogP) is 0.638. The molecule has 1 unspecified atom stereocenters. The molecule has 0 amide bonds. The molecule has 0 radical (unpaired) electrons. The van der Waals surface area contributed by atoms with Gasteiger partial charge in [-0.05, 0) is 18.8 Å². The summed E-state index contributed by atoms with van der Waals surface area (Å²) in [6, 6.07) is 0. The van der Waals surface area contributed by atoms with E-state index in [1.54, 1.807) is 0 Å². The monoisotopic (exact) mass is 247 g/mol. The summed E-state index contributed by atoms with van der Waals surface area (Å²) in [4.78, 5) is 10.3. The molecule has 0 aromatic rings. The molecule has 0 aliphatic carbocycles. The fraction of sp³-hybridized carbons (Fsp3) is 0.923. The van der Waals surface area contributed by atoms with Crippen molar-refractivity contribution in [2.75, 3.05) is 34.3 Å². The maximum atomic E-state index is 10.3. The fourth-order valence-electron chi connectivity index (χ4n) is 1.24. The number of aliphatic hydroxyl groups excluding tert-OH is 1. The van der Waals surface area contributed by atoms with E-state index in [0.717, 1.165) is 30.3 Å². The lowest BCUT2D eigenvalue weighted by atomic mass is 10.00. The third-order valence-electron chi connectivity index (χ3n) is 2.50. The number of carbonyl (C=O) groups is 1. The first kappa shape index (κ1) is 18.7. The summed E-state index contributed by atoms with van der Waals surface area (Å²) < 4.78 is 0.844. The Bertz CT molecular complexity index is 188. The smallest absolute Gasteiger partial charge is 0.101 e. The van der Waals surface area contributed by atoms with E-state index in [1.165, 1.54) is 0 Å². The van der Waals surface area contributed by atoms with Gasteiger partial charge in [0.25, 0.3) is 0 Å². The van der Waals surface area contributed by atoms with Crippen LogP contribution in [0, 0.1) is 5.92 Å². The first-order valence-electron chi connectivity index (χ1n) is 6.40. The van der Waals surface area contributed by atoms with Crippen molar-refractivity contribution in [3.8, 4) is 0 Å². The average molecular weight is 247 g/mol. The standard InChI is InChI=1S/C8H16O2.C5H14NO/c1-3-5-6-7(4-2)8(9)10;1-6(2,3)4-5-7/h7H,3-6H2,1-2H3,(H,9,10);7H,4-5H2,1-3H3/q;+1/p-1. The Morgan fingerprint density at radius 2 is 1.82 bits per heavy atom. The van der Waals surface area contributed by atoms with Gasteiger partial charge in [0.1, 0.15) is 6.54 Å². The molecule has 0 spiro atoms. The number of carboxylic acids is 1. The molecule has 4 nitrogen and oxygen atoms in total. The van der Waals surface area contributed by atoms with Crippen LogP contribution in [-0.4, -0.2) is 49.9 Å². The van der Waals surface area contributed by atoms with Crippen molar-refractivity contribution in [1.82, 2.24) is 0 Å². The minimum atomic E-state index is -0.893. The number of unbranched alkanes of at least 4 members (excludes halogenated alkanes) is 1. The highest BCUT2D eigenvalue weighted by Crippen LogP contribution is 2.10. The largest absolute Gasteiger partial charge is 0.550 e. The van der Waals surface area contributed by atoms with E-state index < -0.39 is 5.97 Å². The van der Waals surface area contributed by atoms with E-state index in [1.807, 2.05) is 6.92 Å². The summed E-state index contributed by atoms with van der Waals surface area (Å²) in [5.41, 5.74) is 0. The number of hydrogen-bond acceptors (Lipinski definition) is 3. The Hall–Kier alpha value is -0.610. The van der Waals surface area contributed by atoms with Crippen LogP contribution in [0.1, 0.15) is 39.5 Å². The molecule has 0 fully saturated rings. The number of nitrogens with zero attached hydrogens (tertiary/aromatic N) is 1. The van der Waals surface area contributed by atoms with Crippen molar-refractivity contribution >= 4 is 5.97 Å². The van der Waals surface area contributed by atoms with Gasteiger partial charge in [-0.3, -0.25) is 0 Å². The van der Waals surface area contributed by atoms with Crippen LogP contribution in [0.5, 0.6) is 0 Å². The number of carbonyl (C=O) groups excluding carboxylic acids is 1. The van der Waals surface area contributed by atoms with Crippen LogP contribution in [-0.2, 0) is 4.79 Å². The molecule has 1 N–H and O–H groups in total. The van der Waals surface area contributed by atoms with E-state index in [0.29, 0.717) is 6.42 Å². The second-order valence-corrected chi connectivity index (χ2v) is 5.30. The van der Waals surface area contributed by atoms with Crippen molar-refractivity contribution in [2.24, 2.45) is 5.92 Å². The van der Waals surface area contributed by atoms with Gasteiger partial charge in [-0.2, -0.15) is 0 Å². The van der Waals surface area contributed by atoms with Crippen molar-refractivity contribution in [3.05, 3.63) is 0 Å². The maximum Gasteiger partial charge on any atom is 0.101 e. The summed E-state index contributed by atoms with van der Waals surface area (Å²) >= 11 is 0. The molecule has 0 aliphatic rings. The topological polar surface area (TPSA) is 60.4 Å². The first-order chi connectivity index (χ1) is 7.78. The second-order valence-electron chi connectivity index (χ2n) is 5.30. The minimum absolute atomic E-state index is 0.222. The molecule has 0 aromatic carbocycles. The van der Waals surface area contributed by atoms with Gasteiger partial charge >= 0.3 is 0 Å². The number of quaternary nitrogens is 1. The molecule has 0 aliphatic heterocycles. The molecule has 17 heavy (non-hydrogen) atoms. The van der Waals surface area contributed by atoms with Crippen molar-refractivity contribution < 1.29 is 19.5 Å². The molecule has 0 saturated heterocycles. The summed E-state index contributed by atoms with van der Waals surface area (Å²) in [6.45, 7) is 5.06. The Labute approximate surface area is 106 Å². The predicted molar refractivity (Wildman–Crippen MR) is 68.3 cm³/mol. The molecule has 4 heteroatoms. The molecule has 0 saturated carbocycles. The lowest BCUT2D eigenvalue weighted by Gasteiger charge is -2.21. The lowest BCUT2D eigenvalue weighted by Crippen LogP contribution is -2.36. The van der Waals surface area contributed by atoms with E-state index >= 15 is 0 Å². The van der Waals surface area contributed by atoms with Gasteiger partial charge in [-0.15, -0.1) is 0 Å². The Morgan fingerprint density at radius 1 is 1.29 bits per heavy atom. The molecular formula is C13H29NO3. The van der Waals surface area contributed by atoms with Crippen LogP contribution in [0.25, 0.3) is 0 Å². The zero-order valence-corrected chi connectivity index (χ0v) is 12.0. The summed E-state index contributed by atoms with van der Waals surface area (Å²) in [7, 11) is 6.16. The number of aliphatic carboxylic acids is 1. The van der Waals surface area contributed by atoms with E-state index in [9.17, 15) is 9.90 Å². The van der Waals surface area contributed by atoms with Crippen LogP contribution in [0.3, 0.4) is 0 Å². The third-order valence-corrected chi connectivity index (χ3v) is 2.50. The zero-order valence-electron chi connectivity index (χ0n) is 12.0. The highest BCUT2D eigenvalue weighted by molar-refractivity contribution is 5.67. The highest BCUT2D eigenvalue weighted by atomic mass is 16.4. The first-order valence-corrected chi connectivity index (χ1v) is 6.40. The SMILES string of the molecule is CCCCC(CC)C(=O)[O-].C[N+](C)(C)CCO. The zero-order chi connectivity index (χ0) is 13.9. The van der Waals surface area contributed by atoms with Crippen LogP contribution in [0.4, 0.5) is 0 Å². The molecule has 0 heterocycles. The lowest BCUT2D eigenvalue weighted by molar-refractivity contribution is -0.870.